The van der Waals surface area contributed by atoms with Gasteiger partial charge in [-0.15, -0.1) is 0 Å². The van der Waals surface area contributed by atoms with E-state index in [0.717, 1.165) is 25.9 Å². The number of carboxylic acids is 1. The summed E-state index contributed by atoms with van der Waals surface area (Å²) in [6.45, 7) is 1.92. The molecule has 1 aromatic carbocycles. The van der Waals surface area contributed by atoms with Crippen LogP contribution in [-0.2, 0) is 0 Å². The molecule has 0 amide bonds. The van der Waals surface area contributed by atoms with Gasteiger partial charge in [0.2, 0.25) is 0 Å². The molecule has 1 saturated heterocycles. The van der Waals surface area contributed by atoms with Crippen molar-refractivity contribution in [2.75, 3.05) is 32.1 Å². The first-order valence-corrected chi connectivity index (χ1v) is 6.44. The summed E-state index contributed by atoms with van der Waals surface area (Å²) in [6.07, 6.45) is 2.07. The summed E-state index contributed by atoms with van der Waals surface area (Å²) in [4.78, 5) is 15.3. The first-order chi connectivity index (χ1) is 9.00. The Morgan fingerprint density at radius 3 is 2.89 bits per heavy atom. The Bertz CT molecular complexity index is 479. The number of carbonyl (C=O) groups is 1. The first kappa shape index (κ1) is 13.8. The molecule has 1 atom stereocenters. The molecule has 1 aliphatic heterocycles. The minimum Gasteiger partial charge on any atom is -0.478 e. The second-order valence-corrected chi connectivity index (χ2v) is 5.11. The standard InChI is InChI=1S/C14H19FN2O2/c1-16-8-4-5-10(9-16)17(2)12-7-3-6-11(15)13(12)14(18)19/h3,6-7,10H,4-5,8-9H2,1-2H3,(H,18,19). The van der Waals surface area contributed by atoms with E-state index in [-0.39, 0.29) is 11.6 Å². The number of piperidine rings is 1. The van der Waals surface area contributed by atoms with E-state index < -0.39 is 11.8 Å². The van der Waals surface area contributed by atoms with E-state index in [2.05, 4.69) is 4.90 Å². The molecule has 1 aromatic rings. The molecule has 1 aliphatic rings. The zero-order chi connectivity index (χ0) is 14.0. The van der Waals surface area contributed by atoms with Crippen LogP contribution in [0, 0.1) is 5.82 Å². The van der Waals surface area contributed by atoms with Gasteiger partial charge in [-0.1, -0.05) is 6.07 Å². The minimum absolute atomic E-state index is 0.221. The average molecular weight is 266 g/mol. The molecule has 0 aliphatic carbocycles. The molecule has 0 spiro atoms. The number of hydrogen-bond acceptors (Lipinski definition) is 3. The molecule has 0 aromatic heterocycles. The third-order valence-corrected chi connectivity index (χ3v) is 3.73. The molecule has 0 radical (unpaired) electrons. The number of nitrogens with zero attached hydrogens (tertiary/aromatic N) is 2. The predicted molar refractivity (Wildman–Crippen MR) is 72.3 cm³/mol. The molecule has 4 nitrogen and oxygen atoms in total. The fraction of sp³-hybridized carbons (Fsp3) is 0.500. The molecule has 5 heteroatoms. The molecular weight excluding hydrogens is 247 g/mol. The van der Waals surface area contributed by atoms with Crippen LogP contribution < -0.4 is 4.90 Å². The van der Waals surface area contributed by atoms with E-state index in [9.17, 15) is 9.18 Å². The van der Waals surface area contributed by atoms with Crippen molar-refractivity contribution in [3.8, 4) is 0 Å². The Kier molecular flexibility index (Phi) is 4.04. The van der Waals surface area contributed by atoms with Crippen molar-refractivity contribution in [2.24, 2.45) is 0 Å². The maximum absolute atomic E-state index is 13.7. The van der Waals surface area contributed by atoms with E-state index in [1.54, 1.807) is 12.1 Å². The maximum Gasteiger partial charge on any atom is 0.340 e. The molecule has 1 N–H and O–H groups in total. The van der Waals surface area contributed by atoms with Crippen LogP contribution >= 0.6 is 0 Å². The lowest BCUT2D eigenvalue weighted by molar-refractivity contribution is 0.0692. The number of likely N-dealkylation sites (N-methyl/N-ethyl adjacent to an activating group) is 2. The zero-order valence-electron chi connectivity index (χ0n) is 11.3. The van der Waals surface area contributed by atoms with Gasteiger partial charge >= 0.3 is 5.97 Å². The van der Waals surface area contributed by atoms with E-state index in [1.807, 2.05) is 19.0 Å². The minimum atomic E-state index is -1.22. The fourth-order valence-corrected chi connectivity index (χ4v) is 2.67. The lowest BCUT2D eigenvalue weighted by atomic mass is 10.0. The van der Waals surface area contributed by atoms with Crippen LogP contribution in [0.15, 0.2) is 18.2 Å². The second kappa shape index (κ2) is 5.57. The summed E-state index contributed by atoms with van der Waals surface area (Å²) in [7, 11) is 3.88. The largest absolute Gasteiger partial charge is 0.478 e. The quantitative estimate of drug-likeness (QED) is 0.909. The second-order valence-electron chi connectivity index (χ2n) is 5.11. The van der Waals surface area contributed by atoms with Gasteiger partial charge in [-0.3, -0.25) is 0 Å². The van der Waals surface area contributed by atoms with Crippen molar-refractivity contribution in [3.63, 3.8) is 0 Å². The van der Waals surface area contributed by atoms with Gasteiger partial charge in [0.15, 0.2) is 0 Å². The van der Waals surface area contributed by atoms with Crippen LogP contribution in [-0.4, -0.2) is 49.2 Å². The average Bonchev–Trinajstić information content (AvgIpc) is 2.37. The topological polar surface area (TPSA) is 43.8 Å². The van der Waals surface area contributed by atoms with Gasteiger partial charge in [0, 0.05) is 19.6 Å². The van der Waals surface area contributed by atoms with Gasteiger partial charge in [0.05, 0.1) is 5.69 Å². The van der Waals surface area contributed by atoms with Crippen molar-refractivity contribution in [1.82, 2.24) is 4.90 Å². The zero-order valence-corrected chi connectivity index (χ0v) is 11.3. The molecule has 19 heavy (non-hydrogen) atoms. The molecule has 1 unspecified atom stereocenters. The number of likely N-dealkylation sites (tertiary alicyclic amines) is 1. The first-order valence-electron chi connectivity index (χ1n) is 6.44. The summed E-state index contributed by atoms with van der Waals surface area (Å²) in [5, 5.41) is 9.17. The smallest absolute Gasteiger partial charge is 0.340 e. The van der Waals surface area contributed by atoms with Gasteiger partial charge in [0.1, 0.15) is 11.4 Å². The van der Waals surface area contributed by atoms with Crippen LogP contribution in [0.3, 0.4) is 0 Å². The highest BCUT2D eigenvalue weighted by Crippen LogP contribution is 2.26. The molecular formula is C14H19FN2O2. The maximum atomic E-state index is 13.7. The van der Waals surface area contributed by atoms with Crippen LogP contribution in [0.1, 0.15) is 23.2 Å². The number of halogens is 1. The number of rotatable bonds is 3. The van der Waals surface area contributed by atoms with E-state index in [0.29, 0.717) is 5.69 Å². The monoisotopic (exact) mass is 266 g/mol. The third kappa shape index (κ3) is 2.87. The van der Waals surface area contributed by atoms with Gasteiger partial charge < -0.3 is 14.9 Å². The number of aromatic carboxylic acids is 1. The van der Waals surface area contributed by atoms with Crippen LogP contribution in [0.5, 0.6) is 0 Å². The Hall–Kier alpha value is -1.62. The van der Waals surface area contributed by atoms with Crippen LogP contribution in [0.2, 0.25) is 0 Å². The van der Waals surface area contributed by atoms with Crippen molar-refractivity contribution in [2.45, 2.75) is 18.9 Å². The third-order valence-electron chi connectivity index (χ3n) is 3.73. The summed E-state index contributed by atoms with van der Waals surface area (Å²) < 4.78 is 13.7. The van der Waals surface area contributed by atoms with Gasteiger partial charge in [-0.05, 0) is 38.6 Å². The Balaban J connectivity index is 2.30. The summed E-state index contributed by atoms with van der Waals surface area (Å²) in [5.74, 6) is -1.90. The molecule has 2 rings (SSSR count). The Morgan fingerprint density at radius 2 is 2.26 bits per heavy atom. The highest BCUT2D eigenvalue weighted by atomic mass is 19.1. The van der Waals surface area contributed by atoms with E-state index in [4.69, 9.17) is 5.11 Å². The highest BCUT2D eigenvalue weighted by Gasteiger charge is 2.25. The van der Waals surface area contributed by atoms with Crippen molar-refractivity contribution < 1.29 is 14.3 Å². The van der Waals surface area contributed by atoms with Crippen molar-refractivity contribution in [3.05, 3.63) is 29.6 Å². The molecule has 1 fully saturated rings. The molecule has 1 heterocycles. The summed E-state index contributed by atoms with van der Waals surface area (Å²) in [5.41, 5.74) is 0.214. The Labute approximate surface area is 112 Å². The van der Waals surface area contributed by atoms with E-state index in [1.165, 1.54) is 6.07 Å². The normalized spacial score (nSPS) is 20.3. The molecule has 0 bridgehead atoms. The Morgan fingerprint density at radius 1 is 1.53 bits per heavy atom. The lowest BCUT2D eigenvalue weighted by Crippen LogP contribution is -2.45. The number of anilines is 1. The van der Waals surface area contributed by atoms with E-state index >= 15 is 0 Å². The van der Waals surface area contributed by atoms with Crippen LogP contribution in [0.4, 0.5) is 10.1 Å². The number of hydrogen-bond donors (Lipinski definition) is 1. The summed E-state index contributed by atoms with van der Waals surface area (Å²) in [6, 6.07) is 4.63. The van der Waals surface area contributed by atoms with Gasteiger partial charge in [0.25, 0.3) is 0 Å². The van der Waals surface area contributed by atoms with Crippen molar-refractivity contribution >= 4 is 11.7 Å². The predicted octanol–water partition coefficient (Wildman–Crippen LogP) is 2.05. The number of benzene rings is 1. The van der Waals surface area contributed by atoms with Crippen LogP contribution in [0.25, 0.3) is 0 Å². The van der Waals surface area contributed by atoms with Gasteiger partial charge in [-0.25, -0.2) is 9.18 Å². The lowest BCUT2D eigenvalue weighted by Gasteiger charge is -2.37. The molecule has 104 valence electrons. The summed E-state index contributed by atoms with van der Waals surface area (Å²) >= 11 is 0. The fourth-order valence-electron chi connectivity index (χ4n) is 2.67. The number of carboxylic acid groups (broad SMARTS) is 1. The van der Waals surface area contributed by atoms with Crippen molar-refractivity contribution in [1.29, 1.82) is 0 Å². The SMILES string of the molecule is CN1CCCC(N(C)c2cccc(F)c2C(=O)O)C1. The van der Waals surface area contributed by atoms with Gasteiger partial charge in [-0.2, -0.15) is 0 Å². The molecule has 0 saturated carbocycles. The highest BCUT2D eigenvalue weighted by molar-refractivity contribution is 5.94.